The maximum atomic E-state index is 5.03. The zero-order valence-electron chi connectivity index (χ0n) is 13.8. The SMILES string of the molecule is Cc1cc(Nc2cc(NCCc3c[nH]c4ccccc34)ncn2)no1. The number of para-hydroxylation sites is 1. The van der Waals surface area contributed by atoms with Gasteiger partial charge in [-0.1, -0.05) is 23.4 Å². The highest BCUT2D eigenvalue weighted by atomic mass is 16.5. The molecule has 0 fully saturated rings. The quantitative estimate of drug-likeness (QED) is 0.498. The molecule has 0 atom stereocenters. The predicted molar refractivity (Wildman–Crippen MR) is 97.0 cm³/mol. The van der Waals surface area contributed by atoms with Gasteiger partial charge in [-0.05, 0) is 25.0 Å². The van der Waals surface area contributed by atoms with Crippen molar-refractivity contribution in [3.8, 4) is 0 Å². The van der Waals surface area contributed by atoms with Gasteiger partial charge in [0.1, 0.15) is 23.7 Å². The van der Waals surface area contributed by atoms with Gasteiger partial charge in [-0.3, -0.25) is 0 Å². The lowest BCUT2D eigenvalue weighted by atomic mass is 10.1. The highest BCUT2D eigenvalue weighted by Crippen LogP contribution is 2.19. The minimum atomic E-state index is 0.626. The molecule has 3 aromatic heterocycles. The number of nitrogens with one attached hydrogen (secondary N) is 3. The molecule has 126 valence electrons. The lowest BCUT2D eigenvalue weighted by Gasteiger charge is -2.07. The fourth-order valence-corrected chi connectivity index (χ4v) is 2.74. The number of rotatable bonds is 6. The second kappa shape index (κ2) is 6.64. The van der Waals surface area contributed by atoms with Crippen LogP contribution in [0.2, 0.25) is 0 Å². The first-order valence-electron chi connectivity index (χ1n) is 8.09. The number of fused-ring (bicyclic) bond motifs is 1. The van der Waals surface area contributed by atoms with Crippen LogP contribution in [0.1, 0.15) is 11.3 Å². The number of benzene rings is 1. The summed E-state index contributed by atoms with van der Waals surface area (Å²) >= 11 is 0. The number of H-pyrrole nitrogens is 1. The van der Waals surface area contributed by atoms with Gasteiger partial charge in [0.2, 0.25) is 0 Å². The minimum Gasteiger partial charge on any atom is -0.370 e. The highest BCUT2D eigenvalue weighted by molar-refractivity contribution is 5.83. The smallest absolute Gasteiger partial charge is 0.175 e. The van der Waals surface area contributed by atoms with Crippen LogP contribution in [0.25, 0.3) is 10.9 Å². The van der Waals surface area contributed by atoms with Gasteiger partial charge in [-0.25, -0.2) is 9.97 Å². The molecule has 25 heavy (non-hydrogen) atoms. The molecule has 4 aromatic rings. The Balaban J connectivity index is 1.39. The molecule has 0 spiro atoms. The van der Waals surface area contributed by atoms with Gasteiger partial charge in [0, 0.05) is 35.8 Å². The Morgan fingerprint density at radius 2 is 1.96 bits per heavy atom. The van der Waals surface area contributed by atoms with E-state index in [0.717, 1.165) is 30.1 Å². The normalized spacial score (nSPS) is 10.9. The zero-order chi connectivity index (χ0) is 17.1. The summed E-state index contributed by atoms with van der Waals surface area (Å²) in [5.41, 5.74) is 2.45. The van der Waals surface area contributed by atoms with E-state index in [1.165, 1.54) is 17.3 Å². The molecule has 7 heteroatoms. The van der Waals surface area contributed by atoms with Crippen molar-refractivity contribution in [1.29, 1.82) is 0 Å². The van der Waals surface area contributed by atoms with Crippen LogP contribution in [0.4, 0.5) is 17.5 Å². The van der Waals surface area contributed by atoms with Crippen LogP contribution in [0.15, 0.2) is 53.4 Å². The first kappa shape index (κ1) is 15.2. The lowest BCUT2D eigenvalue weighted by molar-refractivity contribution is 0.400. The Bertz CT molecular complexity index is 990. The third-order valence-electron chi connectivity index (χ3n) is 3.93. The van der Waals surface area contributed by atoms with E-state index >= 15 is 0 Å². The van der Waals surface area contributed by atoms with Gasteiger partial charge in [0.15, 0.2) is 5.82 Å². The average molecular weight is 334 g/mol. The monoisotopic (exact) mass is 334 g/mol. The van der Waals surface area contributed by atoms with E-state index in [-0.39, 0.29) is 0 Å². The largest absolute Gasteiger partial charge is 0.370 e. The summed E-state index contributed by atoms with van der Waals surface area (Å²) in [7, 11) is 0. The van der Waals surface area contributed by atoms with Crippen molar-refractivity contribution in [2.24, 2.45) is 0 Å². The van der Waals surface area contributed by atoms with Crippen molar-refractivity contribution in [1.82, 2.24) is 20.1 Å². The summed E-state index contributed by atoms with van der Waals surface area (Å²) in [5, 5.41) is 11.6. The summed E-state index contributed by atoms with van der Waals surface area (Å²) < 4.78 is 5.03. The number of hydrogen-bond donors (Lipinski definition) is 3. The Kier molecular flexibility index (Phi) is 4.04. The fourth-order valence-electron chi connectivity index (χ4n) is 2.74. The molecule has 0 saturated carbocycles. The first-order valence-corrected chi connectivity index (χ1v) is 8.09. The molecule has 0 bridgehead atoms. The van der Waals surface area contributed by atoms with Gasteiger partial charge in [-0.15, -0.1) is 0 Å². The Hall–Kier alpha value is -3.35. The van der Waals surface area contributed by atoms with Gasteiger partial charge in [0.25, 0.3) is 0 Å². The highest BCUT2D eigenvalue weighted by Gasteiger charge is 2.05. The number of aromatic nitrogens is 4. The summed E-state index contributed by atoms with van der Waals surface area (Å²) in [6.07, 6.45) is 4.48. The van der Waals surface area contributed by atoms with Crippen LogP contribution in [0, 0.1) is 6.92 Å². The van der Waals surface area contributed by atoms with Crippen LogP contribution < -0.4 is 10.6 Å². The number of nitrogens with zero attached hydrogens (tertiary/aromatic N) is 3. The first-order chi connectivity index (χ1) is 12.3. The van der Waals surface area contributed by atoms with Crippen molar-refractivity contribution in [3.63, 3.8) is 0 Å². The summed E-state index contributed by atoms with van der Waals surface area (Å²) in [5.74, 6) is 2.80. The zero-order valence-corrected chi connectivity index (χ0v) is 13.8. The average Bonchev–Trinajstić information content (AvgIpc) is 3.22. The molecular formula is C18H18N6O. The van der Waals surface area contributed by atoms with Crippen molar-refractivity contribution in [2.75, 3.05) is 17.2 Å². The number of hydrogen-bond acceptors (Lipinski definition) is 6. The molecule has 0 unspecified atom stereocenters. The second-order valence-electron chi connectivity index (χ2n) is 5.77. The standard InChI is InChI=1S/C18H18N6O/c1-12-8-18(24-25-12)23-17-9-16(21-11-22-17)19-7-6-13-10-20-15-5-3-2-4-14(13)15/h2-5,8-11,20H,6-7H2,1H3,(H2,19,21,22,23,24). The summed E-state index contributed by atoms with van der Waals surface area (Å²) in [6, 6.07) is 12.0. The maximum Gasteiger partial charge on any atom is 0.175 e. The van der Waals surface area contributed by atoms with Gasteiger partial charge in [-0.2, -0.15) is 0 Å². The molecule has 0 aliphatic heterocycles. The van der Waals surface area contributed by atoms with E-state index in [1.54, 1.807) is 0 Å². The summed E-state index contributed by atoms with van der Waals surface area (Å²) in [4.78, 5) is 11.7. The van der Waals surface area contributed by atoms with E-state index in [2.05, 4.69) is 55.1 Å². The van der Waals surface area contributed by atoms with Crippen molar-refractivity contribution >= 4 is 28.4 Å². The molecule has 1 aromatic carbocycles. The predicted octanol–water partition coefficient (Wildman–Crippen LogP) is 3.65. The fraction of sp³-hybridized carbons (Fsp3) is 0.167. The van der Waals surface area contributed by atoms with E-state index in [9.17, 15) is 0 Å². The molecule has 4 rings (SSSR count). The molecule has 0 aliphatic carbocycles. The third-order valence-corrected chi connectivity index (χ3v) is 3.93. The Morgan fingerprint density at radius 1 is 1.08 bits per heavy atom. The Labute approximate surface area is 144 Å². The van der Waals surface area contributed by atoms with Crippen LogP contribution in [0.5, 0.6) is 0 Å². The number of aromatic amines is 1. The number of aryl methyl sites for hydroxylation is 1. The van der Waals surface area contributed by atoms with E-state index in [0.29, 0.717) is 11.6 Å². The molecule has 0 saturated heterocycles. The van der Waals surface area contributed by atoms with Crippen molar-refractivity contribution in [2.45, 2.75) is 13.3 Å². The van der Waals surface area contributed by atoms with Gasteiger partial charge >= 0.3 is 0 Å². The second-order valence-corrected chi connectivity index (χ2v) is 5.77. The molecule has 3 N–H and O–H groups in total. The molecule has 7 nitrogen and oxygen atoms in total. The topological polar surface area (TPSA) is 91.7 Å². The molecule has 0 amide bonds. The molecule has 0 radical (unpaired) electrons. The molecule has 3 heterocycles. The van der Waals surface area contributed by atoms with Crippen LogP contribution in [-0.4, -0.2) is 26.7 Å². The molecule has 0 aliphatic rings. The van der Waals surface area contributed by atoms with Gasteiger partial charge in [0.05, 0.1) is 0 Å². The third kappa shape index (κ3) is 3.45. The van der Waals surface area contributed by atoms with Crippen molar-refractivity contribution in [3.05, 3.63) is 60.2 Å². The van der Waals surface area contributed by atoms with Crippen molar-refractivity contribution < 1.29 is 4.52 Å². The van der Waals surface area contributed by atoms with Gasteiger partial charge < -0.3 is 20.1 Å². The number of anilines is 3. The van der Waals surface area contributed by atoms with Crippen LogP contribution in [0.3, 0.4) is 0 Å². The minimum absolute atomic E-state index is 0.626. The van der Waals surface area contributed by atoms with E-state index in [1.807, 2.05) is 25.1 Å². The van der Waals surface area contributed by atoms with E-state index in [4.69, 9.17) is 4.52 Å². The Morgan fingerprint density at radius 3 is 2.84 bits per heavy atom. The van der Waals surface area contributed by atoms with Crippen LogP contribution >= 0.6 is 0 Å². The maximum absolute atomic E-state index is 5.03. The van der Waals surface area contributed by atoms with Crippen LogP contribution in [-0.2, 0) is 6.42 Å². The lowest BCUT2D eigenvalue weighted by Crippen LogP contribution is -2.07. The van der Waals surface area contributed by atoms with E-state index < -0.39 is 0 Å². The molecular weight excluding hydrogens is 316 g/mol. The summed E-state index contributed by atoms with van der Waals surface area (Å²) in [6.45, 7) is 2.62.